The number of anilines is 1. The zero-order chi connectivity index (χ0) is 11.9. The summed E-state index contributed by atoms with van der Waals surface area (Å²) in [5, 5.41) is 2.26. The Labute approximate surface area is 92.0 Å². The van der Waals surface area contributed by atoms with Gasteiger partial charge in [-0.25, -0.2) is 0 Å². The van der Waals surface area contributed by atoms with Gasteiger partial charge in [0.2, 0.25) is 0 Å². The number of carbonyl (C=O) groups is 2. The van der Waals surface area contributed by atoms with E-state index >= 15 is 0 Å². The Morgan fingerprint density at radius 2 is 1.88 bits per heavy atom. The minimum absolute atomic E-state index is 0.0146. The van der Waals surface area contributed by atoms with Crippen molar-refractivity contribution in [3.8, 4) is 0 Å². The van der Waals surface area contributed by atoms with Gasteiger partial charge in [0.25, 0.3) is 11.7 Å². The van der Waals surface area contributed by atoms with Gasteiger partial charge in [-0.05, 0) is 30.0 Å². The van der Waals surface area contributed by atoms with Crippen molar-refractivity contribution in [3.63, 3.8) is 0 Å². The lowest BCUT2D eigenvalue weighted by Crippen LogP contribution is -2.12. The molecule has 0 unspecified atom stereocenters. The van der Waals surface area contributed by atoms with Gasteiger partial charge >= 0.3 is 5.51 Å². The second kappa shape index (κ2) is 3.51. The van der Waals surface area contributed by atoms with Crippen LogP contribution in [-0.4, -0.2) is 17.2 Å². The fourth-order valence-electron chi connectivity index (χ4n) is 1.32. The summed E-state index contributed by atoms with van der Waals surface area (Å²) >= 11 is -0.321. The van der Waals surface area contributed by atoms with E-state index in [2.05, 4.69) is 5.32 Å². The normalized spacial score (nSPS) is 14.9. The summed E-state index contributed by atoms with van der Waals surface area (Å²) in [5.41, 5.74) is -4.17. The molecule has 84 valence electrons. The van der Waals surface area contributed by atoms with Crippen LogP contribution in [0, 0.1) is 0 Å². The van der Waals surface area contributed by atoms with Crippen molar-refractivity contribution in [1.29, 1.82) is 0 Å². The number of rotatable bonds is 1. The molecule has 0 spiro atoms. The Bertz CT molecular complexity index is 484. The molecule has 1 N–H and O–H groups in total. The summed E-state index contributed by atoms with van der Waals surface area (Å²) < 4.78 is 36.2. The highest BCUT2D eigenvalue weighted by molar-refractivity contribution is 8.00. The average Bonchev–Trinajstić information content (AvgIpc) is 2.42. The van der Waals surface area contributed by atoms with Crippen LogP contribution < -0.4 is 5.32 Å². The molecule has 1 aliphatic rings. The third-order valence-corrected chi connectivity index (χ3v) is 2.64. The van der Waals surface area contributed by atoms with Crippen LogP contribution in [0.5, 0.6) is 0 Å². The number of nitrogens with one attached hydrogen (secondary N) is 1. The zero-order valence-corrected chi connectivity index (χ0v) is 8.41. The largest absolute Gasteiger partial charge is 0.446 e. The maximum absolute atomic E-state index is 12.1. The van der Waals surface area contributed by atoms with E-state index in [-0.39, 0.29) is 27.9 Å². The molecule has 3 nitrogen and oxygen atoms in total. The van der Waals surface area contributed by atoms with E-state index in [1.54, 1.807) is 0 Å². The lowest BCUT2D eigenvalue weighted by atomic mass is 10.1. The van der Waals surface area contributed by atoms with Crippen molar-refractivity contribution in [2.75, 3.05) is 5.32 Å². The van der Waals surface area contributed by atoms with E-state index in [0.29, 0.717) is 0 Å². The first-order valence-electron chi connectivity index (χ1n) is 4.12. The van der Waals surface area contributed by atoms with E-state index < -0.39 is 17.2 Å². The van der Waals surface area contributed by atoms with Crippen molar-refractivity contribution in [2.45, 2.75) is 10.4 Å². The smallest absolute Gasteiger partial charge is 0.318 e. The first-order chi connectivity index (χ1) is 7.37. The van der Waals surface area contributed by atoms with E-state index in [4.69, 9.17) is 0 Å². The third-order valence-electron chi connectivity index (χ3n) is 1.92. The van der Waals surface area contributed by atoms with Crippen LogP contribution in [0.4, 0.5) is 18.9 Å². The summed E-state index contributed by atoms with van der Waals surface area (Å²) in [6.45, 7) is 0. The number of Topliss-reactive ketones (excluding diaryl/α,β-unsaturated/α-hetero) is 1. The topological polar surface area (TPSA) is 46.2 Å². The average molecular weight is 247 g/mol. The van der Waals surface area contributed by atoms with Crippen LogP contribution in [0.3, 0.4) is 0 Å². The molecule has 0 radical (unpaired) electrons. The Hall–Kier alpha value is -1.50. The fraction of sp³-hybridized carbons (Fsp3) is 0.111. The number of ketones is 1. The molecule has 1 aromatic rings. The first-order valence-corrected chi connectivity index (χ1v) is 4.94. The van der Waals surface area contributed by atoms with Crippen LogP contribution in [0.1, 0.15) is 10.4 Å². The van der Waals surface area contributed by atoms with E-state index in [1.165, 1.54) is 12.1 Å². The van der Waals surface area contributed by atoms with Gasteiger partial charge in [0, 0.05) is 4.90 Å². The van der Waals surface area contributed by atoms with Gasteiger partial charge in [0.05, 0.1) is 11.3 Å². The molecule has 1 aromatic carbocycles. The summed E-state index contributed by atoms with van der Waals surface area (Å²) in [7, 11) is 0. The summed E-state index contributed by atoms with van der Waals surface area (Å²) in [4.78, 5) is 22.0. The molecule has 7 heteroatoms. The number of hydrogen-bond acceptors (Lipinski definition) is 3. The van der Waals surface area contributed by atoms with Gasteiger partial charge in [0.1, 0.15) is 0 Å². The van der Waals surface area contributed by atoms with E-state index in [9.17, 15) is 22.8 Å². The summed E-state index contributed by atoms with van der Waals surface area (Å²) in [5.74, 6) is -1.62. The van der Waals surface area contributed by atoms with E-state index in [1.807, 2.05) is 0 Å². The predicted octanol–water partition coefficient (Wildman–Crippen LogP) is 2.43. The van der Waals surface area contributed by atoms with Crippen LogP contribution in [-0.2, 0) is 4.79 Å². The SMILES string of the molecule is O=C1Nc2ccc(SC(F)(F)F)cc2C1=O. The molecule has 0 saturated carbocycles. The standard InChI is InChI=1S/C9H4F3NO2S/c10-9(11,12)16-4-1-2-6-5(3-4)7(14)8(15)13-6/h1-3H,(H,13,14,15). The number of alkyl halides is 3. The molecular weight excluding hydrogens is 243 g/mol. The zero-order valence-electron chi connectivity index (χ0n) is 7.59. The lowest BCUT2D eigenvalue weighted by Gasteiger charge is -2.06. The van der Waals surface area contributed by atoms with E-state index in [0.717, 1.165) is 6.07 Å². The molecule has 0 aromatic heterocycles. The molecule has 1 heterocycles. The first kappa shape index (κ1) is 11.0. The van der Waals surface area contributed by atoms with Gasteiger partial charge < -0.3 is 5.32 Å². The molecule has 1 aliphatic heterocycles. The minimum Gasteiger partial charge on any atom is -0.318 e. The van der Waals surface area contributed by atoms with Gasteiger partial charge in [-0.1, -0.05) is 0 Å². The number of halogens is 3. The molecule has 0 fully saturated rings. The molecule has 16 heavy (non-hydrogen) atoms. The molecule has 2 rings (SSSR count). The number of fused-ring (bicyclic) bond motifs is 1. The van der Waals surface area contributed by atoms with Gasteiger partial charge in [-0.15, -0.1) is 0 Å². The number of benzene rings is 1. The minimum atomic E-state index is -4.41. The second-order valence-electron chi connectivity index (χ2n) is 3.04. The lowest BCUT2D eigenvalue weighted by molar-refractivity contribution is -0.112. The van der Waals surface area contributed by atoms with Crippen molar-refractivity contribution < 1.29 is 22.8 Å². The third kappa shape index (κ3) is 2.04. The van der Waals surface area contributed by atoms with Crippen LogP contribution in [0.25, 0.3) is 0 Å². The number of hydrogen-bond donors (Lipinski definition) is 1. The van der Waals surface area contributed by atoms with Crippen LogP contribution in [0.2, 0.25) is 0 Å². The monoisotopic (exact) mass is 247 g/mol. The highest BCUT2D eigenvalue weighted by Gasteiger charge is 2.32. The number of thioether (sulfide) groups is 1. The molecule has 0 bridgehead atoms. The maximum Gasteiger partial charge on any atom is 0.446 e. The van der Waals surface area contributed by atoms with Gasteiger partial charge in [-0.2, -0.15) is 13.2 Å². The Morgan fingerprint density at radius 1 is 1.19 bits per heavy atom. The van der Waals surface area contributed by atoms with Crippen molar-refractivity contribution in [3.05, 3.63) is 23.8 Å². The highest BCUT2D eigenvalue weighted by Crippen LogP contribution is 2.38. The second-order valence-corrected chi connectivity index (χ2v) is 4.18. The Kier molecular flexibility index (Phi) is 2.42. The number of carbonyl (C=O) groups excluding carboxylic acids is 2. The predicted molar refractivity (Wildman–Crippen MR) is 51.3 cm³/mol. The molecule has 0 aliphatic carbocycles. The summed E-state index contributed by atoms with van der Waals surface area (Å²) in [6, 6.07) is 3.55. The van der Waals surface area contributed by atoms with Crippen molar-refractivity contribution >= 4 is 29.1 Å². The maximum atomic E-state index is 12.1. The summed E-state index contributed by atoms with van der Waals surface area (Å²) in [6.07, 6.45) is 0. The molecule has 0 saturated heterocycles. The number of amides is 1. The van der Waals surface area contributed by atoms with Crippen molar-refractivity contribution in [1.82, 2.24) is 0 Å². The Balaban J connectivity index is 2.34. The Morgan fingerprint density at radius 3 is 2.50 bits per heavy atom. The van der Waals surface area contributed by atoms with Crippen LogP contribution in [0.15, 0.2) is 23.1 Å². The van der Waals surface area contributed by atoms with Gasteiger partial charge in [-0.3, -0.25) is 9.59 Å². The fourth-order valence-corrected chi connectivity index (χ4v) is 1.90. The highest BCUT2D eigenvalue weighted by atomic mass is 32.2. The molecule has 0 atom stereocenters. The van der Waals surface area contributed by atoms with Gasteiger partial charge in [0.15, 0.2) is 0 Å². The molecular formula is C9H4F3NO2S. The van der Waals surface area contributed by atoms with Crippen molar-refractivity contribution in [2.24, 2.45) is 0 Å². The van der Waals surface area contributed by atoms with Crippen LogP contribution >= 0.6 is 11.8 Å². The quantitative estimate of drug-likeness (QED) is 0.612. The molecule has 1 amide bonds.